The van der Waals surface area contributed by atoms with Crippen molar-refractivity contribution in [3.8, 4) is 11.3 Å². The molecule has 14 nitrogen and oxygen atoms in total. The van der Waals surface area contributed by atoms with Gasteiger partial charge in [0.15, 0.2) is 11.6 Å². The molecule has 1 fully saturated rings. The third-order valence-corrected chi connectivity index (χ3v) is 10.8. The second-order valence-corrected chi connectivity index (χ2v) is 15.1. The molecule has 0 aliphatic heterocycles. The van der Waals surface area contributed by atoms with E-state index in [9.17, 15) is 13.2 Å². The van der Waals surface area contributed by atoms with Gasteiger partial charge in [0.25, 0.3) is 11.6 Å². The fraction of sp³-hybridized carbons (Fsp3) is 0.158. The van der Waals surface area contributed by atoms with Crippen LogP contribution in [0.2, 0.25) is 10.0 Å². The fourth-order valence-corrected chi connectivity index (χ4v) is 7.38. The molecule has 9 aromatic rings. The molecule has 0 radical (unpaired) electrons. The molecule has 0 spiro atoms. The lowest BCUT2D eigenvalue weighted by molar-refractivity contribution is -0.160. The Morgan fingerprint density at radius 2 is 1.19 bits per heavy atom. The highest BCUT2D eigenvalue weighted by molar-refractivity contribution is 9.10. The number of rotatable bonds is 6. The molecule has 6 aromatic heterocycles. The number of alkyl halides is 3. The van der Waals surface area contributed by atoms with E-state index in [2.05, 4.69) is 61.2 Å². The average Bonchev–Trinajstić information content (AvgIpc) is 3.68. The molecule has 58 heavy (non-hydrogen) atoms. The van der Waals surface area contributed by atoms with Crippen molar-refractivity contribution in [1.29, 1.82) is 0 Å². The summed E-state index contributed by atoms with van der Waals surface area (Å²) in [4.78, 5) is 30.4. The van der Waals surface area contributed by atoms with E-state index in [0.29, 0.717) is 60.7 Å². The molecule has 0 N–H and O–H groups in total. The Balaban J connectivity index is 0.000000164. The molecule has 1 aliphatic carbocycles. The van der Waals surface area contributed by atoms with E-state index in [4.69, 9.17) is 28.2 Å². The van der Waals surface area contributed by atoms with Crippen molar-refractivity contribution >= 4 is 95.8 Å². The lowest BCUT2D eigenvalue weighted by Crippen LogP contribution is -2.28. The number of nitrogens with zero attached hydrogens (tertiary/aromatic N) is 14. The number of fused-ring (bicyclic) bond motifs is 6. The summed E-state index contributed by atoms with van der Waals surface area (Å²) in [7, 11) is 3.68. The van der Waals surface area contributed by atoms with Crippen molar-refractivity contribution in [2.45, 2.75) is 24.4 Å². The SMILES string of the molecule is CN(c1cncc(-c2ccc(C3(C(F)(F)F)CC3)cc2)n1)c1nc2nncn2c2cc(Cl)ccc12.CN(c1cncc(Br)n1)c1nc2nncn2c2cc(Cl)ccc12. The Kier molecular flexibility index (Phi) is 9.28. The Hall–Kier alpha value is -6.11. The summed E-state index contributed by atoms with van der Waals surface area (Å²) in [5.74, 6) is 3.34. The maximum Gasteiger partial charge on any atom is 0.398 e. The van der Waals surface area contributed by atoms with Gasteiger partial charge in [-0.2, -0.15) is 23.1 Å². The number of hydrogen-bond donors (Lipinski definition) is 0. The largest absolute Gasteiger partial charge is 0.398 e. The highest BCUT2D eigenvalue weighted by atomic mass is 79.9. The summed E-state index contributed by atoms with van der Waals surface area (Å²) in [6.45, 7) is 0. The zero-order chi connectivity index (χ0) is 40.3. The molecule has 6 heterocycles. The van der Waals surface area contributed by atoms with Crippen LogP contribution < -0.4 is 9.80 Å². The van der Waals surface area contributed by atoms with Gasteiger partial charge in [0.1, 0.15) is 28.9 Å². The minimum Gasteiger partial charge on any atom is -0.312 e. The maximum atomic E-state index is 13.5. The molecule has 1 saturated carbocycles. The summed E-state index contributed by atoms with van der Waals surface area (Å²) in [6, 6.07) is 17.4. The number of benzene rings is 3. The van der Waals surface area contributed by atoms with E-state index >= 15 is 0 Å². The molecular formula is C38H26BrCl2F3N14. The third kappa shape index (κ3) is 6.65. The minimum absolute atomic E-state index is 0.124. The van der Waals surface area contributed by atoms with Gasteiger partial charge in [-0.3, -0.25) is 18.8 Å². The molecule has 3 aromatic carbocycles. The summed E-state index contributed by atoms with van der Waals surface area (Å²) in [6.07, 6.45) is 5.66. The van der Waals surface area contributed by atoms with Crippen LogP contribution in [0, 0.1) is 0 Å². The Morgan fingerprint density at radius 1 is 0.672 bits per heavy atom. The standard InChI is InChI=1S/C24H17ClF3N7.C14H9BrClN7/c1-34(21-17-7-6-16(25)10-19(17)35-13-30-33-22(35)32-21)20-12-29-11-18(31-20)14-2-4-15(5-3-14)23(8-9-23)24(26,27)28;1-22(12-6-17-5-11(15)19-12)13-9-3-2-8(16)4-10(9)23-7-18-21-14(23)20-13/h2-7,10-13H,8-9H2,1H3;2-7H,1H3. The van der Waals surface area contributed by atoms with E-state index in [1.54, 1.807) is 76.4 Å². The molecule has 290 valence electrons. The Bertz CT molecular complexity index is 3010. The fourth-order valence-electron chi connectivity index (χ4n) is 6.75. The number of halogens is 6. The predicted octanol–water partition coefficient (Wildman–Crippen LogP) is 9.00. The zero-order valence-electron chi connectivity index (χ0n) is 30.2. The first-order valence-corrected chi connectivity index (χ1v) is 19.0. The van der Waals surface area contributed by atoms with Crippen LogP contribution >= 0.6 is 39.1 Å². The third-order valence-electron chi connectivity index (χ3n) is 9.95. The molecule has 0 saturated heterocycles. The Morgan fingerprint density at radius 3 is 1.69 bits per heavy atom. The minimum atomic E-state index is -4.25. The summed E-state index contributed by atoms with van der Waals surface area (Å²) in [5.41, 5.74) is 1.44. The van der Waals surface area contributed by atoms with E-state index in [-0.39, 0.29) is 18.4 Å². The van der Waals surface area contributed by atoms with Crippen LogP contribution in [0.1, 0.15) is 18.4 Å². The van der Waals surface area contributed by atoms with Crippen LogP contribution in [0.3, 0.4) is 0 Å². The summed E-state index contributed by atoms with van der Waals surface area (Å²) >= 11 is 15.7. The Labute approximate surface area is 344 Å². The van der Waals surface area contributed by atoms with Crippen molar-refractivity contribution in [1.82, 2.24) is 59.1 Å². The second-order valence-electron chi connectivity index (χ2n) is 13.4. The molecule has 0 unspecified atom stereocenters. The molecular weight excluding hydrogens is 860 g/mol. The number of anilines is 4. The predicted molar refractivity (Wildman–Crippen MR) is 217 cm³/mol. The first kappa shape index (κ1) is 37.5. The summed E-state index contributed by atoms with van der Waals surface area (Å²) < 4.78 is 44.6. The van der Waals surface area contributed by atoms with Gasteiger partial charge < -0.3 is 9.80 Å². The first-order chi connectivity index (χ1) is 27.9. The van der Waals surface area contributed by atoms with Crippen LogP contribution in [0.4, 0.5) is 36.4 Å². The zero-order valence-corrected chi connectivity index (χ0v) is 33.3. The highest BCUT2D eigenvalue weighted by Gasteiger charge is 2.64. The van der Waals surface area contributed by atoms with Gasteiger partial charge in [-0.25, -0.2) is 9.97 Å². The normalized spacial score (nSPS) is 13.5. The molecule has 10 rings (SSSR count). The molecule has 0 bridgehead atoms. The van der Waals surface area contributed by atoms with Crippen LogP contribution in [0.25, 0.3) is 44.6 Å². The smallest absolute Gasteiger partial charge is 0.312 e. The molecule has 1 aliphatic rings. The van der Waals surface area contributed by atoms with Crippen molar-refractivity contribution in [3.63, 3.8) is 0 Å². The van der Waals surface area contributed by atoms with Gasteiger partial charge in [0.05, 0.1) is 46.9 Å². The van der Waals surface area contributed by atoms with Gasteiger partial charge in [-0.1, -0.05) is 47.5 Å². The van der Waals surface area contributed by atoms with Crippen molar-refractivity contribution in [3.05, 3.63) is 118 Å². The van der Waals surface area contributed by atoms with Gasteiger partial charge in [0, 0.05) is 40.5 Å². The molecule has 20 heteroatoms. The van der Waals surface area contributed by atoms with Crippen molar-refractivity contribution in [2.24, 2.45) is 0 Å². The highest BCUT2D eigenvalue weighted by Crippen LogP contribution is 2.59. The van der Waals surface area contributed by atoms with Gasteiger partial charge in [0.2, 0.25) is 0 Å². The van der Waals surface area contributed by atoms with Crippen LogP contribution in [-0.2, 0) is 5.41 Å². The molecule has 0 atom stereocenters. The second kappa shape index (κ2) is 14.4. The molecule has 0 amide bonds. The van der Waals surface area contributed by atoms with Crippen LogP contribution in [0.15, 0.2) is 103 Å². The van der Waals surface area contributed by atoms with Crippen molar-refractivity contribution < 1.29 is 13.2 Å². The van der Waals surface area contributed by atoms with Gasteiger partial charge >= 0.3 is 6.18 Å². The maximum absolute atomic E-state index is 13.5. The lowest BCUT2D eigenvalue weighted by atomic mass is 9.94. The van der Waals surface area contributed by atoms with Gasteiger partial charge in [-0.05, 0) is 70.7 Å². The topological polar surface area (TPSA) is 144 Å². The van der Waals surface area contributed by atoms with Gasteiger partial charge in [-0.15, -0.1) is 20.4 Å². The number of hydrogen-bond acceptors (Lipinski definition) is 12. The van der Waals surface area contributed by atoms with Crippen LogP contribution in [0.5, 0.6) is 0 Å². The lowest BCUT2D eigenvalue weighted by Gasteiger charge is -2.20. The van der Waals surface area contributed by atoms with E-state index in [0.717, 1.165) is 21.8 Å². The summed E-state index contributed by atoms with van der Waals surface area (Å²) in [5, 5.41) is 18.9. The number of aromatic nitrogens is 12. The quantitative estimate of drug-likeness (QED) is 0.157. The van der Waals surface area contributed by atoms with E-state index in [1.807, 2.05) is 42.3 Å². The van der Waals surface area contributed by atoms with E-state index < -0.39 is 11.6 Å². The van der Waals surface area contributed by atoms with E-state index in [1.165, 1.54) is 12.1 Å². The van der Waals surface area contributed by atoms with Crippen molar-refractivity contribution in [2.75, 3.05) is 23.9 Å². The first-order valence-electron chi connectivity index (χ1n) is 17.4. The average molecular weight is 887 g/mol. The van der Waals surface area contributed by atoms with Crippen LogP contribution in [-0.4, -0.2) is 79.4 Å². The monoisotopic (exact) mass is 884 g/mol.